The molecule has 0 aromatic heterocycles. The molecule has 0 heterocycles. The zero-order valence-corrected chi connectivity index (χ0v) is 13.2. The summed E-state index contributed by atoms with van der Waals surface area (Å²) >= 11 is 0. The Morgan fingerprint density at radius 1 is 1.17 bits per heavy atom. The van der Waals surface area contributed by atoms with Crippen LogP contribution < -0.4 is 10.1 Å². The van der Waals surface area contributed by atoms with Crippen LogP contribution in [0.3, 0.4) is 0 Å². The summed E-state index contributed by atoms with van der Waals surface area (Å²) in [6.07, 6.45) is 0. The van der Waals surface area contributed by atoms with E-state index < -0.39 is 10.8 Å². The summed E-state index contributed by atoms with van der Waals surface area (Å²) in [4.78, 5) is 22.8. The van der Waals surface area contributed by atoms with Crippen LogP contribution in [0, 0.1) is 10.1 Å². The molecule has 24 heavy (non-hydrogen) atoms. The van der Waals surface area contributed by atoms with Gasteiger partial charge in [0.05, 0.1) is 17.1 Å². The van der Waals surface area contributed by atoms with E-state index in [0.717, 1.165) is 5.56 Å². The number of benzene rings is 2. The van der Waals surface area contributed by atoms with Crippen LogP contribution in [-0.2, 0) is 11.3 Å². The van der Waals surface area contributed by atoms with Crippen LogP contribution in [0.1, 0.15) is 15.9 Å². The Morgan fingerprint density at radius 2 is 1.92 bits per heavy atom. The van der Waals surface area contributed by atoms with Crippen LogP contribution >= 0.6 is 0 Å². The molecule has 0 radical (unpaired) electrons. The van der Waals surface area contributed by atoms with Gasteiger partial charge in [-0.2, -0.15) is 0 Å². The summed E-state index contributed by atoms with van der Waals surface area (Å²) in [5, 5.41) is 13.7. The topological polar surface area (TPSA) is 90.7 Å². The van der Waals surface area contributed by atoms with Crippen molar-refractivity contribution in [1.82, 2.24) is 5.32 Å². The fourth-order valence-corrected chi connectivity index (χ4v) is 2.04. The van der Waals surface area contributed by atoms with Crippen LogP contribution in [0.15, 0.2) is 48.5 Å². The lowest BCUT2D eigenvalue weighted by molar-refractivity contribution is -0.384. The average molecular weight is 330 g/mol. The first-order valence-electron chi connectivity index (χ1n) is 7.34. The molecule has 126 valence electrons. The van der Waals surface area contributed by atoms with E-state index >= 15 is 0 Å². The molecule has 1 N–H and O–H groups in total. The lowest BCUT2D eigenvalue weighted by Gasteiger charge is -2.11. The quantitative estimate of drug-likeness (QED) is 0.456. The number of nitro benzene ring substituents is 1. The number of amides is 1. The summed E-state index contributed by atoms with van der Waals surface area (Å²) in [5.74, 6) is -0.154. The number of methoxy groups -OCH3 is 1. The highest BCUT2D eigenvalue weighted by Gasteiger charge is 2.17. The molecule has 2 aromatic carbocycles. The van der Waals surface area contributed by atoms with Gasteiger partial charge < -0.3 is 14.8 Å². The SMILES string of the molecule is COCCOc1ccc([N+](=O)[O-])cc1C(=O)NCc1ccccc1. The zero-order chi connectivity index (χ0) is 17.4. The van der Waals surface area contributed by atoms with Gasteiger partial charge in [0.15, 0.2) is 0 Å². The molecule has 7 nitrogen and oxygen atoms in total. The summed E-state index contributed by atoms with van der Waals surface area (Å²) in [6, 6.07) is 13.3. The first-order valence-corrected chi connectivity index (χ1v) is 7.34. The molecule has 2 rings (SSSR count). The van der Waals surface area contributed by atoms with E-state index in [-0.39, 0.29) is 23.6 Å². The highest BCUT2D eigenvalue weighted by atomic mass is 16.6. The molecule has 0 bridgehead atoms. The van der Waals surface area contributed by atoms with Gasteiger partial charge in [0.2, 0.25) is 0 Å². The van der Waals surface area contributed by atoms with E-state index in [1.165, 1.54) is 25.3 Å². The monoisotopic (exact) mass is 330 g/mol. The molecule has 7 heteroatoms. The molecule has 0 atom stereocenters. The number of non-ortho nitro benzene ring substituents is 1. The van der Waals surface area contributed by atoms with Crippen molar-refractivity contribution in [2.45, 2.75) is 6.54 Å². The summed E-state index contributed by atoms with van der Waals surface area (Å²) in [5.41, 5.74) is 0.883. The van der Waals surface area contributed by atoms with Gasteiger partial charge in [-0.15, -0.1) is 0 Å². The fourth-order valence-electron chi connectivity index (χ4n) is 2.04. The Balaban J connectivity index is 2.15. The Bertz CT molecular complexity index is 703. The number of carbonyl (C=O) groups excluding carboxylic acids is 1. The second-order valence-electron chi connectivity index (χ2n) is 4.95. The van der Waals surface area contributed by atoms with Crippen LogP contribution in [-0.4, -0.2) is 31.2 Å². The zero-order valence-electron chi connectivity index (χ0n) is 13.2. The van der Waals surface area contributed by atoms with Crippen molar-refractivity contribution in [2.75, 3.05) is 20.3 Å². The summed E-state index contributed by atoms with van der Waals surface area (Å²) < 4.78 is 10.4. The van der Waals surface area contributed by atoms with Crippen molar-refractivity contribution in [3.8, 4) is 5.75 Å². The standard InChI is InChI=1S/C17H18N2O5/c1-23-9-10-24-16-8-7-14(19(21)22)11-15(16)17(20)18-12-13-5-3-2-4-6-13/h2-8,11H,9-10,12H2,1H3,(H,18,20). The molecule has 0 saturated carbocycles. The smallest absolute Gasteiger partial charge is 0.270 e. The van der Waals surface area contributed by atoms with E-state index in [4.69, 9.17) is 9.47 Å². The van der Waals surface area contributed by atoms with Gasteiger partial charge in [-0.25, -0.2) is 0 Å². The van der Waals surface area contributed by atoms with E-state index in [2.05, 4.69) is 5.32 Å². The van der Waals surface area contributed by atoms with Gasteiger partial charge in [-0.05, 0) is 11.6 Å². The maximum atomic E-state index is 12.4. The van der Waals surface area contributed by atoms with Crippen molar-refractivity contribution < 1.29 is 19.2 Å². The highest BCUT2D eigenvalue weighted by molar-refractivity contribution is 5.97. The minimum atomic E-state index is -0.549. The number of hydrogen-bond donors (Lipinski definition) is 1. The highest BCUT2D eigenvalue weighted by Crippen LogP contribution is 2.24. The van der Waals surface area contributed by atoms with Crippen molar-refractivity contribution >= 4 is 11.6 Å². The maximum Gasteiger partial charge on any atom is 0.270 e. The number of rotatable bonds is 8. The maximum absolute atomic E-state index is 12.4. The lowest BCUT2D eigenvalue weighted by Crippen LogP contribution is -2.24. The number of carbonyl (C=O) groups is 1. The molecule has 0 aliphatic heterocycles. The number of nitrogens with one attached hydrogen (secondary N) is 1. The van der Waals surface area contributed by atoms with E-state index in [9.17, 15) is 14.9 Å². The summed E-state index contributed by atoms with van der Waals surface area (Å²) in [7, 11) is 1.53. The first kappa shape index (κ1) is 17.4. The van der Waals surface area contributed by atoms with Crippen molar-refractivity contribution in [3.63, 3.8) is 0 Å². The predicted molar refractivity (Wildman–Crippen MR) is 88.1 cm³/mol. The molecule has 0 unspecified atom stereocenters. The van der Waals surface area contributed by atoms with Crippen molar-refractivity contribution in [2.24, 2.45) is 0 Å². The average Bonchev–Trinajstić information content (AvgIpc) is 2.61. The Kier molecular flexibility index (Phi) is 6.27. The van der Waals surface area contributed by atoms with E-state index in [0.29, 0.717) is 13.2 Å². The Labute approximate surface area is 139 Å². The van der Waals surface area contributed by atoms with Crippen molar-refractivity contribution in [3.05, 3.63) is 69.8 Å². The third kappa shape index (κ3) is 4.79. The molecule has 0 fully saturated rings. The molecule has 2 aromatic rings. The Hall–Kier alpha value is -2.93. The van der Waals surface area contributed by atoms with E-state index in [1.54, 1.807) is 0 Å². The fraction of sp³-hybridized carbons (Fsp3) is 0.235. The number of hydrogen-bond acceptors (Lipinski definition) is 5. The van der Waals surface area contributed by atoms with Gasteiger partial charge in [-0.3, -0.25) is 14.9 Å². The molecular weight excluding hydrogens is 312 g/mol. The van der Waals surface area contributed by atoms with Crippen molar-refractivity contribution in [1.29, 1.82) is 0 Å². The van der Waals surface area contributed by atoms with E-state index in [1.807, 2.05) is 30.3 Å². The molecule has 0 spiro atoms. The molecule has 1 amide bonds. The van der Waals surface area contributed by atoms with Crippen LogP contribution in [0.25, 0.3) is 0 Å². The minimum absolute atomic E-state index is 0.122. The summed E-state index contributed by atoms with van der Waals surface area (Å²) in [6.45, 7) is 0.912. The van der Waals surface area contributed by atoms with Gasteiger partial charge in [-0.1, -0.05) is 30.3 Å². The van der Waals surface area contributed by atoms with Gasteiger partial charge >= 0.3 is 0 Å². The van der Waals surface area contributed by atoms with Crippen LogP contribution in [0.2, 0.25) is 0 Å². The number of nitrogens with zero attached hydrogens (tertiary/aromatic N) is 1. The first-order chi connectivity index (χ1) is 11.6. The van der Waals surface area contributed by atoms with Gasteiger partial charge in [0, 0.05) is 25.8 Å². The normalized spacial score (nSPS) is 10.2. The molecule has 0 aliphatic rings. The molecular formula is C17H18N2O5. The second-order valence-corrected chi connectivity index (χ2v) is 4.95. The van der Waals surface area contributed by atoms with Crippen LogP contribution in [0.5, 0.6) is 5.75 Å². The Morgan fingerprint density at radius 3 is 2.58 bits per heavy atom. The second kappa shape index (κ2) is 8.64. The predicted octanol–water partition coefficient (Wildman–Crippen LogP) is 2.55. The third-order valence-corrected chi connectivity index (χ3v) is 3.26. The van der Waals surface area contributed by atoms with Gasteiger partial charge in [0.1, 0.15) is 12.4 Å². The van der Waals surface area contributed by atoms with Gasteiger partial charge in [0.25, 0.3) is 11.6 Å². The molecule has 0 saturated heterocycles. The largest absolute Gasteiger partial charge is 0.490 e. The number of nitro groups is 1. The molecule has 0 aliphatic carbocycles. The number of ether oxygens (including phenoxy) is 2. The minimum Gasteiger partial charge on any atom is -0.490 e. The third-order valence-electron chi connectivity index (χ3n) is 3.26. The van der Waals surface area contributed by atoms with Crippen LogP contribution in [0.4, 0.5) is 5.69 Å². The lowest BCUT2D eigenvalue weighted by atomic mass is 10.1.